The Morgan fingerprint density at radius 1 is 1.30 bits per heavy atom. The topological polar surface area (TPSA) is 30.5 Å². The number of nitrogens with one attached hydrogen (secondary N) is 1. The Labute approximate surface area is 115 Å². The Morgan fingerprint density at radius 3 is 2.50 bits per heavy atom. The van der Waals surface area contributed by atoms with Crippen molar-refractivity contribution in [3.05, 3.63) is 41.7 Å². The van der Waals surface area contributed by atoms with E-state index in [0.717, 1.165) is 24.3 Å². The van der Waals surface area contributed by atoms with Gasteiger partial charge in [-0.2, -0.15) is 0 Å². The molecule has 3 nitrogen and oxygen atoms in total. The van der Waals surface area contributed by atoms with Crippen molar-refractivity contribution in [2.75, 3.05) is 13.2 Å². The molecule has 1 aliphatic rings. The molecule has 6 heteroatoms. The fraction of sp³-hybridized carbons (Fsp3) is 0.429. The lowest BCUT2D eigenvalue weighted by Gasteiger charge is -2.20. The second-order valence-corrected chi connectivity index (χ2v) is 4.35. The molecule has 1 atom stereocenters. The molecule has 1 aromatic rings. The highest BCUT2D eigenvalue weighted by atomic mass is 19.4. The third-order valence-corrected chi connectivity index (χ3v) is 2.87. The minimum Gasteiger partial charge on any atom is -0.496 e. The van der Waals surface area contributed by atoms with Gasteiger partial charge in [-0.05, 0) is 30.3 Å². The first-order valence-electron chi connectivity index (χ1n) is 6.41. The van der Waals surface area contributed by atoms with Crippen molar-refractivity contribution < 1.29 is 22.6 Å². The first kappa shape index (κ1) is 14.7. The molecule has 1 aliphatic heterocycles. The van der Waals surface area contributed by atoms with Crippen LogP contribution in [0.4, 0.5) is 13.2 Å². The number of hydrogen-bond donors (Lipinski definition) is 1. The molecule has 1 N–H and O–H groups in total. The predicted molar refractivity (Wildman–Crippen MR) is 68.2 cm³/mol. The van der Waals surface area contributed by atoms with E-state index in [-0.39, 0.29) is 11.8 Å². The van der Waals surface area contributed by atoms with Crippen LogP contribution in [0, 0.1) is 0 Å². The van der Waals surface area contributed by atoms with Gasteiger partial charge >= 0.3 is 6.36 Å². The number of halogens is 3. The van der Waals surface area contributed by atoms with Gasteiger partial charge in [-0.15, -0.1) is 13.2 Å². The maximum atomic E-state index is 12.1. The molecule has 20 heavy (non-hydrogen) atoms. The summed E-state index contributed by atoms with van der Waals surface area (Å²) in [6, 6.07) is 5.70. The van der Waals surface area contributed by atoms with Crippen molar-refractivity contribution in [3.8, 4) is 5.75 Å². The monoisotopic (exact) mass is 287 g/mol. The van der Waals surface area contributed by atoms with E-state index < -0.39 is 6.36 Å². The Balaban J connectivity index is 2.13. The molecule has 2 rings (SSSR count). The Hall–Kier alpha value is -1.69. The van der Waals surface area contributed by atoms with E-state index in [0.29, 0.717) is 6.61 Å². The Morgan fingerprint density at radius 2 is 2.00 bits per heavy atom. The zero-order valence-electron chi connectivity index (χ0n) is 11.0. The van der Waals surface area contributed by atoms with E-state index in [1.807, 2.05) is 13.0 Å². The van der Waals surface area contributed by atoms with Crippen molar-refractivity contribution in [2.24, 2.45) is 0 Å². The van der Waals surface area contributed by atoms with Gasteiger partial charge in [0, 0.05) is 6.42 Å². The molecular formula is C14H16F3NO2. The summed E-state index contributed by atoms with van der Waals surface area (Å²) >= 11 is 0. The molecule has 0 saturated carbocycles. The van der Waals surface area contributed by atoms with Gasteiger partial charge in [-0.3, -0.25) is 0 Å². The number of likely N-dealkylation sites (N-methyl/N-ethyl adjacent to an activating group) is 1. The lowest BCUT2D eigenvalue weighted by atomic mass is 10.0. The van der Waals surface area contributed by atoms with Crippen LogP contribution in [0.5, 0.6) is 5.75 Å². The highest BCUT2D eigenvalue weighted by Crippen LogP contribution is 2.29. The number of rotatable bonds is 5. The standard InChI is InChI=1S/C14H16F3NO2/c1-2-18-13(12-4-3-9-19-12)10-5-7-11(8-6-10)20-14(15,16)17/h4-8,13,18H,2-3,9H2,1H3. The van der Waals surface area contributed by atoms with Crippen LogP contribution in [-0.2, 0) is 4.74 Å². The maximum Gasteiger partial charge on any atom is 0.573 e. The van der Waals surface area contributed by atoms with Crippen LogP contribution >= 0.6 is 0 Å². The van der Waals surface area contributed by atoms with Crippen LogP contribution in [-0.4, -0.2) is 19.5 Å². The average molecular weight is 287 g/mol. The first-order chi connectivity index (χ1) is 9.49. The molecule has 0 amide bonds. The molecule has 0 aromatic heterocycles. The number of ether oxygens (including phenoxy) is 2. The van der Waals surface area contributed by atoms with Crippen molar-refractivity contribution in [3.63, 3.8) is 0 Å². The fourth-order valence-corrected chi connectivity index (χ4v) is 2.09. The van der Waals surface area contributed by atoms with Crippen LogP contribution in [0.2, 0.25) is 0 Å². The van der Waals surface area contributed by atoms with Crippen LogP contribution in [0.3, 0.4) is 0 Å². The van der Waals surface area contributed by atoms with Gasteiger partial charge in [0.15, 0.2) is 0 Å². The lowest BCUT2D eigenvalue weighted by Crippen LogP contribution is -2.23. The molecule has 1 aromatic carbocycles. The Kier molecular flexibility index (Phi) is 4.54. The number of hydrogen-bond acceptors (Lipinski definition) is 3. The summed E-state index contributed by atoms with van der Waals surface area (Å²) in [7, 11) is 0. The van der Waals surface area contributed by atoms with E-state index in [9.17, 15) is 13.2 Å². The molecule has 1 heterocycles. The minimum absolute atomic E-state index is 0.137. The van der Waals surface area contributed by atoms with Gasteiger partial charge in [-0.25, -0.2) is 0 Å². The van der Waals surface area contributed by atoms with Gasteiger partial charge in [0.2, 0.25) is 0 Å². The largest absolute Gasteiger partial charge is 0.573 e. The highest BCUT2D eigenvalue weighted by Gasteiger charge is 2.31. The van der Waals surface area contributed by atoms with E-state index in [4.69, 9.17) is 4.74 Å². The molecule has 1 unspecified atom stereocenters. The van der Waals surface area contributed by atoms with Gasteiger partial charge < -0.3 is 14.8 Å². The van der Waals surface area contributed by atoms with E-state index >= 15 is 0 Å². The smallest absolute Gasteiger partial charge is 0.496 e. The van der Waals surface area contributed by atoms with Gasteiger partial charge in [0.25, 0.3) is 0 Å². The summed E-state index contributed by atoms with van der Waals surface area (Å²) < 4.78 is 45.7. The summed E-state index contributed by atoms with van der Waals surface area (Å²) in [4.78, 5) is 0. The fourth-order valence-electron chi connectivity index (χ4n) is 2.09. The second-order valence-electron chi connectivity index (χ2n) is 4.35. The molecule has 0 aliphatic carbocycles. The summed E-state index contributed by atoms with van der Waals surface area (Å²) in [6.07, 6.45) is -1.82. The SMILES string of the molecule is CCNC(C1=CCCO1)c1ccc(OC(F)(F)F)cc1. The van der Waals surface area contributed by atoms with Crippen LogP contribution in [0.25, 0.3) is 0 Å². The van der Waals surface area contributed by atoms with Gasteiger partial charge in [0.05, 0.1) is 12.6 Å². The van der Waals surface area contributed by atoms with Gasteiger partial charge in [0.1, 0.15) is 11.5 Å². The van der Waals surface area contributed by atoms with E-state index in [2.05, 4.69) is 10.1 Å². The summed E-state index contributed by atoms with van der Waals surface area (Å²) in [6.45, 7) is 3.34. The van der Waals surface area contributed by atoms with Gasteiger partial charge in [-0.1, -0.05) is 19.1 Å². The molecule has 0 radical (unpaired) electrons. The highest BCUT2D eigenvalue weighted by molar-refractivity contribution is 5.33. The van der Waals surface area contributed by atoms with Crippen molar-refractivity contribution in [1.29, 1.82) is 0 Å². The van der Waals surface area contributed by atoms with Crippen LogP contribution < -0.4 is 10.1 Å². The van der Waals surface area contributed by atoms with E-state index in [1.165, 1.54) is 12.1 Å². The molecule has 0 saturated heterocycles. The predicted octanol–water partition coefficient (Wildman–Crippen LogP) is 3.54. The van der Waals surface area contributed by atoms with E-state index in [1.54, 1.807) is 12.1 Å². The van der Waals surface area contributed by atoms with Crippen molar-refractivity contribution in [1.82, 2.24) is 5.32 Å². The normalized spacial score (nSPS) is 16.5. The number of benzene rings is 1. The maximum absolute atomic E-state index is 12.1. The summed E-state index contributed by atoms with van der Waals surface area (Å²) in [5, 5.41) is 3.25. The van der Waals surface area contributed by atoms with Crippen LogP contribution in [0.1, 0.15) is 24.9 Å². The average Bonchev–Trinajstić information content (AvgIpc) is 2.89. The molecule has 110 valence electrons. The lowest BCUT2D eigenvalue weighted by molar-refractivity contribution is -0.274. The summed E-state index contributed by atoms with van der Waals surface area (Å²) in [5.41, 5.74) is 0.842. The zero-order chi connectivity index (χ0) is 14.6. The summed E-state index contributed by atoms with van der Waals surface area (Å²) in [5.74, 6) is 0.592. The molecule has 0 bridgehead atoms. The zero-order valence-corrected chi connectivity index (χ0v) is 11.0. The Bertz CT molecular complexity index is 468. The second kappa shape index (κ2) is 6.17. The van der Waals surface area contributed by atoms with Crippen molar-refractivity contribution in [2.45, 2.75) is 25.7 Å². The molecule has 0 spiro atoms. The van der Waals surface area contributed by atoms with Crippen LogP contribution in [0.15, 0.2) is 36.1 Å². The molecular weight excluding hydrogens is 271 g/mol. The first-order valence-corrected chi connectivity index (χ1v) is 6.41. The third-order valence-electron chi connectivity index (χ3n) is 2.87. The third kappa shape index (κ3) is 3.90. The quantitative estimate of drug-likeness (QED) is 0.898. The number of alkyl halides is 3. The van der Waals surface area contributed by atoms with Crippen molar-refractivity contribution >= 4 is 0 Å². The molecule has 0 fully saturated rings. The minimum atomic E-state index is -4.67.